The lowest BCUT2D eigenvalue weighted by Crippen LogP contribution is -2.36. The Labute approximate surface area is 360 Å². The van der Waals surface area contributed by atoms with Crippen molar-refractivity contribution in [2.24, 2.45) is 0 Å². The molecule has 292 valence electrons. The van der Waals surface area contributed by atoms with Gasteiger partial charge in [0.15, 0.2) is 0 Å². The van der Waals surface area contributed by atoms with Crippen LogP contribution in [0.2, 0.25) is 0 Å². The summed E-state index contributed by atoms with van der Waals surface area (Å²) in [5, 5.41) is 5.00. The molecule has 0 aliphatic heterocycles. The third-order valence-corrected chi connectivity index (χ3v) is 14.1. The second kappa shape index (κ2) is 12.5. The Kier molecular flexibility index (Phi) is 7.10. The van der Waals surface area contributed by atoms with Crippen LogP contribution in [0.5, 0.6) is 0 Å². The van der Waals surface area contributed by atoms with Crippen LogP contribution in [-0.4, -0.2) is 19.9 Å². The van der Waals surface area contributed by atoms with Gasteiger partial charge in [-0.3, -0.25) is 19.9 Å². The van der Waals surface area contributed by atoms with Crippen molar-refractivity contribution >= 4 is 21.5 Å². The van der Waals surface area contributed by atoms with Crippen LogP contribution in [0, 0.1) is 0 Å². The smallest absolute Gasteiger partial charge is 0.0702 e. The van der Waals surface area contributed by atoms with Gasteiger partial charge in [-0.2, -0.15) is 0 Å². The highest BCUT2D eigenvalue weighted by Gasteiger charge is 2.44. The Bertz CT molecular complexity index is 3080. The second-order valence-electron chi connectivity index (χ2n) is 18.3. The molecule has 0 saturated heterocycles. The minimum atomic E-state index is -0.290. The van der Waals surface area contributed by atoms with Gasteiger partial charge in [0.25, 0.3) is 0 Å². The standard InChI is InChI=1S/C58H40N4/c1-57(2)47-29-39-41(45-27-35(53-15-7-11-19-61-53)23-37-21-33(25-43(39)55(37)45)51-13-5-9-17-59-51)31-49(47)58(3,4)50-32-42-40(30-48(50)57)44-26-34(52-14-6-10-18-60-52)22-38-24-36(28-46(42)56(38)44)54-16-8-12-20-62-54/h5-32H,1-4H3. The van der Waals surface area contributed by atoms with Gasteiger partial charge >= 0.3 is 0 Å². The molecule has 0 saturated carbocycles. The van der Waals surface area contributed by atoms with Crippen molar-refractivity contribution in [1.29, 1.82) is 0 Å². The lowest BCUT2D eigenvalue weighted by molar-refractivity contribution is 0.521. The molecule has 10 aromatic rings. The first kappa shape index (κ1) is 35.2. The highest BCUT2D eigenvalue weighted by atomic mass is 14.7. The predicted octanol–water partition coefficient (Wildman–Crippen LogP) is 14.5. The number of benzene rings is 6. The van der Waals surface area contributed by atoms with Gasteiger partial charge in [-0.15, -0.1) is 0 Å². The zero-order valence-electron chi connectivity index (χ0n) is 35.0. The molecule has 13 rings (SSSR count). The number of pyridine rings is 4. The van der Waals surface area contributed by atoms with Crippen LogP contribution in [0.1, 0.15) is 49.9 Å². The molecule has 4 heterocycles. The quantitative estimate of drug-likeness (QED) is 0.178. The van der Waals surface area contributed by atoms with Crippen LogP contribution in [0.15, 0.2) is 170 Å². The summed E-state index contributed by atoms with van der Waals surface area (Å²) in [6, 6.07) is 53.5. The Morgan fingerprint density at radius 2 is 0.548 bits per heavy atom. The average Bonchev–Trinajstić information content (AvgIpc) is 3.80. The van der Waals surface area contributed by atoms with Crippen LogP contribution >= 0.6 is 0 Å². The monoisotopic (exact) mass is 792 g/mol. The van der Waals surface area contributed by atoms with Crippen molar-refractivity contribution in [1.82, 2.24) is 19.9 Å². The third kappa shape index (κ3) is 4.89. The summed E-state index contributed by atoms with van der Waals surface area (Å²) < 4.78 is 0. The summed E-state index contributed by atoms with van der Waals surface area (Å²) in [7, 11) is 0. The Balaban J connectivity index is 1.04. The first-order valence-corrected chi connectivity index (χ1v) is 21.5. The minimum absolute atomic E-state index is 0.290. The van der Waals surface area contributed by atoms with E-state index in [1.54, 1.807) is 0 Å². The van der Waals surface area contributed by atoms with Crippen molar-refractivity contribution in [3.05, 3.63) is 193 Å². The highest BCUT2D eigenvalue weighted by molar-refractivity contribution is 6.19. The molecule has 0 bridgehead atoms. The molecule has 0 amide bonds. The molecular weight excluding hydrogens is 753 g/mol. The Hall–Kier alpha value is -7.56. The number of fused-ring (bicyclic) bond motifs is 8. The van der Waals surface area contributed by atoms with Crippen LogP contribution in [-0.2, 0) is 10.8 Å². The maximum Gasteiger partial charge on any atom is 0.0702 e. The van der Waals surface area contributed by atoms with Crippen LogP contribution in [0.3, 0.4) is 0 Å². The van der Waals surface area contributed by atoms with E-state index in [9.17, 15) is 0 Å². The summed E-state index contributed by atoms with van der Waals surface area (Å²) in [6.45, 7) is 9.73. The normalized spacial score (nSPS) is 14.4. The fourth-order valence-electron chi connectivity index (χ4n) is 11.1. The summed E-state index contributed by atoms with van der Waals surface area (Å²) in [5.41, 5.74) is 23.5. The molecule has 0 unspecified atom stereocenters. The molecule has 0 spiro atoms. The van der Waals surface area contributed by atoms with E-state index >= 15 is 0 Å². The van der Waals surface area contributed by atoms with Crippen LogP contribution < -0.4 is 0 Å². The third-order valence-electron chi connectivity index (χ3n) is 14.1. The van der Waals surface area contributed by atoms with Crippen molar-refractivity contribution in [2.75, 3.05) is 0 Å². The zero-order valence-corrected chi connectivity index (χ0v) is 35.0. The fourth-order valence-corrected chi connectivity index (χ4v) is 11.1. The van der Waals surface area contributed by atoms with E-state index in [-0.39, 0.29) is 10.8 Å². The van der Waals surface area contributed by atoms with Crippen molar-refractivity contribution < 1.29 is 0 Å². The van der Waals surface area contributed by atoms with E-state index in [1.807, 2.05) is 49.1 Å². The van der Waals surface area contributed by atoms with Crippen molar-refractivity contribution in [3.63, 3.8) is 0 Å². The highest BCUT2D eigenvalue weighted by Crippen LogP contribution is 2.59. The van der Waals surface area contributed by atoms with Gasteiger partial charge in [0.2, 0.25) is 0 Å². The largest absolute Gasteiger partial charge is 0.256 e. The van der Waals surface area contributed by atoms with E-state index in [2.05, 4.69) is 149 Å². The molecular formula is C58H40N4. The van der Waals surface area contributed by atoms with E-state index in [0.717, 1.165) is 45.0 Å². The first-order valence-electron chi connectivity index (χ1n) is 21.5. The van der Waals surface area contributed by atoms with Crippen molar-refractivity contribution in [2.45, 2.75) is 38.5 Å². The summed E-state index contributed by atoms with van der Waals surface area (Å²) in [4.78, 5) is 19.2. The van der Waals surface area contributed by atoms with Gasteiger partial charge in [0.1, 0.15) is 0 Å². The Morgan fingerprint density at radius 1 is 0.290 bits per heavy atom. The molecule has 3 aliphatic carbocycles. The molecule has 0 N–H and O–H groups in total. The van der Waals surface area contributed by atoms with E-state index in [0.29, 0.717) is 0 Å². The molecule has 6 aromatic carbocycles. The van der Waals surface area contributed by atoms with Crippen molar-refractivity contribution in [3.8, 4) is 89.5 Å². The van der Waals surface area contributed by atoms with Crippen LogP contribution in [0.25, 0.3) is 111 Å². The molecule has 3 aliphatic rings. The lowest BCUT2D eigenvalue weighted by atomic mass is 9.59. The number of aromatic nitrogens is 4. The summed E-state index contributed by atoms with van der Waals surface area (Å²) in [5.74, 6) is 0. The molecule has 4 nitrogen and oxygen atoms in total. The molecule has 0 radical (unpaired) electrons. The van der Waals surface area contributed by atoms with E-state index in [4.69, 9.17) is 19.9 Å². The Morgan fingerprint density at radius 3 is 0.774 bits per heavy atom. The van der Waals surface area contributed by atoms with Gasteiger partial charge in [0.05, 0.1) is 22.8 Å². The van der Waals surface area contributed by atoms with Gasteiger partial charge in [-0.25, -0.2) is 0 Å². The van der Waals surface area contributed by atoms with Gasteiger partial charge in [0, 0.05) is 57.9 Å². The second-order valence-corrected chi connectivity index (χ2v) is 18.3. The molecule has 62 heavy (non-hydrogen) atoms. The van der Waals surface area contributed by atoms with Crippen LogP contribution in [0.4, 0.5) is 0 Å². The molecule has 4 heteroatoms. The van der Waals surface area contributed by atoms with Gasteiger partial charge in [-0.05, 0) is 210 Å². The maximum absolute atomic E-state index is 4.80. The lowest BCUT2D eigenvalue weighted by Gasteiger charge is -2.44. The van der Waals surface area contributed by atoms with Gasteiger partial charge < -0.3 is 0 Å². The number of nitrogens with zero attached hydrogens (tertiary/aromatic N) is 4. The van der Waals surface area contributed by atoms with E-state index in [1.165, 1.54) is 88.3 Å². The van der Waals surface area contributed by atoms with Gasteiger partial charge in [-0.1, -0.05) is 52.0 Å². The molecule has 4 aromatic heterocycles. The number of rotatable bonds is 4. The predicted molar refractivity (Wildman–Crippen MR) is 254 cm³/mol. The average molecular weight is 793 g/mol. The first-order chi connectivity index (χ1) is 30.2. The molecule has 0 atom stereocenters. The van der Waals surface area contributed by atoms with E-state index < -0.39 is 0 Å². The zero-order chi connectivity index (χ0) is 41.5. The topological polar surface area (TPSA) is 51.6 Å². The molecule has 0 fully saturated rings. The SMILES string of the molecule is CC1(C)c2cc3c(cc2C(C)(C)c2cc4c(cc21)-c1cc(-c2ccccn2)cc2cc(-c5ccccn5)cc-4c12)-c1cc(-c2ccccn2)cc2cc(-c4ccccn4)cc-3c12. The summed E-state index contributed by atoms with van der Waals surface area (Å²) >= 11 is 0. The number of hydrogen-bond donors (Lipinski definition) is 0. The summed E-state index contributed by atoms with van der Waals surface area (Å²) in [6.07, 6.45) is 7.54. The maximum atomic E-state index is 4.80. The minimum Gasteiger partial charge on any atom is -0.256 e. The number of hydrogen-bond acceptors (Lipinski definition) is 4. The fraction of sp³-hybridized carbons (Fsp3) is 0.103.